The molecular weight excluding hydrogens is 384 g/mol. The van der Waals surface area contributed by atoms with Crippen molar-refractivity contribution in [2.45, 2.75) is 38.6 Å². The number of aryl methyl sites for hydroxylation is 1. The van der Waals surface area contributed by atoms with Crippen LogP contribution in [0, 0.1) is 6.92 Å². The van der Waals surface area contributed by atoms with Crippen LogP contribution in [0.4, 0.5) is 0 Å². The highest BCUT2D eigenvalue weighted by atomic mass is 32.2. The summed E-state index contributed by atoms with van der Waals surface area (Å²) in [5, 5.41) is 2.68. The van der Waals surface area contributed by atoms with Gasteiger partial charge in [0.1, 0.15) is 11.8 Å². The van der Waals surface area contributed by atoms with E-state index in [9.17, 15) is 9.59 Å². The van der Waals surface area contributed by atoms with Gasteiger partial charge in [0, 0.05) is 19.3 Å². The Hall–Kier alpha value is -2.47. The molecule has 5 nitrogen and oxygen atoms in total. The Morgan fingerprint density at radius 2 is 1.86 bits per heavy atom. The third-order valence-corrected chi connectivity index (χ3v) is 5.72. The number of ether oxygens (including phenoxy) is 1. The van der Waals surface area contributed by atoms with Gasteiger partial charge in [-0.1, -0.05) is 48.9 Å². The molecule has 2 aromatic carbocycles. The first-order chi connectivity index (χ1) is 14.0. The summed E-state index contributed by atoms with van der Waals surface area (Å²) in [6.45, 7) is 4.35. The summed E-state index contributed by atoms with van der Waals surface area (Å²) < 4.78 is 5.29. The molecule has 0 aliphatic carbocycles. The third-order valence-electron chi connectivity index (χ3n) is 4.73. The Kier molecular flexibility index (Phi) is 9.06. The van der Waals surface area contributed by atoms with Crippen molar-refractivity contribution < 1.29 is 14.3 Å². The van der Waals surface area contributed by atoms with Crippen LogP contribution in [0.15, 0.2) is 48.5 Å². The van der Waals surface area contributed by atoms with E-state index in [1.54, 1.807) is 30.8 Å². The number of likely N-dealkylation sites (N-methyl/N-ethyl adjacent to an activating group) is 1. The van der Waals surface area contributed by atoms with Gasteiger partial charge in [-0.05, 0) is 36.6 Å². The smallest absolute Gasteiger partial charge is 0.242 e. The van der Waals surface area contributed by atoms with Gasteiger partial charge >= 0.3 is 0 Å². The van der Waals surface area contributed by atoms with Crippen LogP contribution in [-0.2, 0) is 21.9 Å². The lowest BCUT2D eigenvalue weighted by atomic mass is 10.1. The predicted molar refractivity (Wildman–Crippen MR) is 119 cm³/mol. The molecule has 29 heavy (non-hydrogen) atoms. The van der Waals surface area contributed by atoms with Crippen molar-refractivity contribution >= 4 is 23.6 Å². The van der Waals surface area contributed by atoms with Crippen molar-refractivity contribution in [2.75, 3.05) is 19.9 Å². The molecule has 0 aliphatic rings. The largest absolute Gasteiger partial charge is 0.497 e. The van der Waals surface area contributed by atoms with E-state index in [0.717, 1.165) is 17.1 Å². The first kappa shape index (κ1) is 22.8. The fourth-order valence-electron chi connectivity index (χ4n) is 3.08. The molecular formula is C23H30N2O3S. The first-order valence-electron chi connectivity index (χ1n) is 9.75. The predicted octanol–water partition coefficient (Wildman–Crippen LogP) is 3.79. The van der Waals surface area contributed by atoms with Gasteiger partial charge in [0.05, 0.1) is 12.9 Å². The summed E-state index contributed by atoms with van der Waals surface area (Å²) in [5.41, 5.74) is 3.34. The van der Waals surface area contributed by atoms with E-state index in [4.69, 9.17) is 4.74 Å². The summed E-state index contributed by atoms with van der Waals surface area (Å²) in [7, 11) is 3.22. The van der Waals surface area contributed by atoms with Crippen LogP contribution in [0.2, 0.25) is 0 Å². The monoisotopic (exact) mass is 414 g/mol. The molecule has 0 saturated carbocycles. The van der Waals surface area contributed by atoms with Crippen LogP contribution in [-0.4, -0.2) is 42.7 Å². The van der Waals surface area contributed by atoms with Gasteiger partial charge in [0.25, 0.3) is 0 Å². The number of benzene rings is 2. The molecule has 0 radical (unpaired) electrons. The molecule has 156 valence electrons. The van der Waals surface area contributed by atoms with Gasteiger partial charge in [-0.25, -0.2) is 0 Å². The average molecular weight is 415 g/mol. The van der Waals surface area contributed by atoms with E-state index in [2.05, 4.69) is 36.5 Å². The third kappa shape index (κ3) is 6.82. The molecule has 0 unspecified atom stereocenters. The number of hydrogen-bond donors (Lipinski definition) is 1. The summed E-state index contributed by atoms with van der Waals surface area (Å²) in [6, 6.07) is 15.4. The number of carbonyl (C=O) groups excluding carboxylic acids is 2. The van der Waals surface area contributed by atoms with Gasteiger partial charge in [-0.15, -0.1) is 11.8 Å². The lowest BCUT2D eigenvalue weighted by Gasteiger charge is -2.30. The molecule has 1 atom stereocenters. The lowest BCUT2D eigenvalue weighted by molar-refractivity contribution is -0.139. The van der Waals surface area contributed by atoms with Crippen LogP contribution < -0.4 is 10.1 Å². The van der Waals surface area contributed by atoms with Gasteiger partial charge in [0.2, 0.25) is 11.8 Å². The average Bonchev–Trinajstić information content (AvgIpc) is 2.74. The van der Waals surface area contributed by atoms with E-state index in [-0.39, 0.29) is 11.8 Å². The van der Waals surface area contributed by atoms with Crippen molar-refractivity contribution in [3.63, 3.8) is 0 Å². The van der Waals surface area contributed by atoms with Crippen LogP contribution >= 0.6 is 11.8 Å². The summed E-state index contributed by atoms with van der Waals surface area (Å²) in [4.78, 5) is 27.1. The topological polar surface area (TPSA) is 58.6 Å². The molecule has 2 aromatic rings. The maximum atomic E-state index is 13.1. The fraction of sp³-hybridized carbons (Fsp3) is 0.391. The lowest BCUT2D eigenvalue weighted by Crippen LogP contribution is -2.48. The molecule has 6 heteroatoms. The van der Waals surface area contributed by atoms with Gasteiger partial charge in [0.15, 0.2) is 0 Å². The minimum Gasteiger partial charge on any atom is -0.497 e. The minimum atomic E-state index is -0.501. The highest BCUT2D eigenvalue weighted by molar-refractivity contribution is 7.99. The summed E-state index contributed by atoms with van der Waals surface area (Å²) in [5.74, 6) is 1.63. The van der Waals surface area contributed by atoms with E-state index in [1.807, 2.05) is 31.2 Å². The number of methoxy groups -OCH3 is 1. The zero-order valence-corrected chi connectivity index (χ0v) is 18.4. The molecule has 0 spiro atoms. The normalized spacial score (nSPS) is 11.6. The Balaban J connectivity index is 2.10. The Morgan fingerprint density at radius 3 is 2.48 bits per heavy atom. The molecule has 0 aliphatic heterocycles. The number of hydrogen-bond acceptors (Lipinski definition) is 4. The van der Waals surface area contributed by atoms with Crippen LogP contribution in [0.1, 0.15) is 30.0 Å². The van der Waals surface area contributed by atoms with Crippen LogP contribution in [0.3, 0.4) is 0 Å². The summed E-state index contributed by atoms with van der Waals surface area (Å²) in [6.07, 6.45) is 0.554. The highest BCUT2D eigenvalue weighted by Crippen LogP contribution is 2.19. The fourth-order valence-corrected chi connectivity index (χ4v) is 3.95. The highest BCUT2D eigenvalue weighted by Gasteiger charge is 2.27. The van der Waals surface area contributed by atoms with E-state index in [1.165, 1.54) is 11.1 Å². The van der Waals surface area contributed by atoms with E-state index in [0.29, 0.717) is 18.7 Å². The SMILES string of the molecule is CC[C@H](C(=O)NC)N(Cc1cccc(OC)c1)C(=O)CSCc1ccc(C)cc1. The zero-order chi connectivity index (χ0) is 21.2. The molecule has 2 rings (SSSR count). The molecule has 0 heterocycles. The van der Waals surface area contributed by atoms with E-state index >= 15 is 0 Å². The second-order valence-corrected chi connectivity index (χ2v) is 7.88. The number of nitrogens with one attached hydrogen (secondary N) is 1. The number of carbonyl (C=O) groups is 2. The molecule has 0 aromatic heterocycles. The van der Waals surface area contributed by atoms with E-state index < -0.39 is 6.04 Å². The number of thioether (sulfide) groups is 1. The van der Waals surface area contributed by atoms with Gasteiger partial charge in [-0.2, -0.15) is 0 Å². The molecule has 0 bridgehead atoms. The summed E-state index contributed by atoms with van der Waals surface area (Å²) >= 11 is 1.57. The Morgan fingerprint density at radius 1 is 1.14 bits per heavy atom. The molecule has 0 saturated heterocycles. The molecule has 2 amide bonds. The van der Waals surface area contributed by atoms with Crippen molar-refractivity contribution in [1.29, 1.82) is 0 Å². The minimum absolute atomic E-state index is 0.0413. The standard InChI is InChI=1S/C23H30N2O3S/c1-5-21(23(27)24-3)25(14-19-7-6-8-20(13-19)28-4)22(26)16-29-15-18-11-9-17(2)10-12-18/h6-13,21H,5,14-16H2,1-4H3,(H,24,27)/t21-/m1/s1. The maximum Gasteiger partial charge on any atom is 0.242 e. The van der Waals surface area contributed by atoms with Crippen molar-refractivity contribution in [2.24, 2.45) is 0 Å². The first-order valence-corrected chi connectivity index (χ1v) is 10.9. The molecule has 1 N–H and O–H groups in total. The maximum absolute atomic E-state index is 13.1. The van der Waals surface area contributed by atoms with Gasteiger partial charge in [-0.3, -0.25) is 9.59 Å². The Labute approximate surface area is 177 Å². The van der Waals surface area contributed by atoms with Crippen molar-refractivity contribution in [3.8, 4) is 5.75 Å². The zero-order valence-electron chi connectivity index (χ0n) is 17.6. The second kappa shape index (κ2) is 11.5. The van der Waals surface area contributed by atoms with Crippen LogP contribution in [0.5, 0.6) is 5.75 Å². The van der Waals surface area contributed by atoms with Crippen LogP contribution in [0.25, 0.3) is 0 Å². The van der Waals surface area contributed by atoms with Gasteiger partial charge < -0.3 is 15.0 Å². The second-order valence-electron chi connectivity index (χ2n) is 6.89. The molecule has 0 fully saturated rings. The van der Waals surface area contributed by atoms with Crippen molar-refractivity contribution in [3.05, 3.63) is 65.2 Å². The number of rotatable bonds is 10. The Bertz CT molecular complexity index is 808. The number of nitrogens with zero attached hydrogens (tertiary/aromatic N) is 1. The van der Waals surface area contributed by atoms with Crippen molar-refractivity contribution in [1.82, 2.24) is 10.2 Å². The number of amides is 2. The quantitative estimate of drug-likeness (QED) is 0.643.